The zero-order valence-electron chi connectivity index (χ0n) is 11.5. The summed E-state index contributed by atoms with van der Waals surface area (Å²) in [6.45, 7) is 0. The summed E-state index contributed by atoms with van der Waals surface area (Å²) in [6.07, 6.45) is 3.57. The number of hydrogen-bond acceptors (Lipinski definition) is 3. The van der Waals surface area contributed by atoms with Gasteiger partial charge in [-0.2, -0.15) is 0 Å². The van der Waals surface area contributed by atoms with Gasteiger partial charge in [0.1, 0.15) is 11.4 Å². The number of para-hydroxylation sites is 2. The van der Waals surface area contributed by atoms with Crippen LogP contribution in [0, 0.1) is 0 Å². The number of methoxy groups -OCH3 is 1. The third-order valence-corrected chi connectivity index (χ3v) is 3.18. The van der Waals surface area contributed by atoms with Gasteiger partial charge in [0, 0.05) is 0 Å². The van der Waals surface area contributed by atoms with Gasteiger partial charge in [0.2, 0.25) is 0 Å². The predicted molar refractivity (Wildman–Crippen MR) is 84.3 cm³/mol. The third-order valence-electron chi connectivity index (χ3n) is 3.18. The lowest BCUT2D eigenvalue weighted by Crippen LogP contribution is -2.11. The molecule has 4 nitrogen and oxygen atoms in total. The van der Waals surface area contributed by atoms with Crippen LogP contribution in [-0.4, -0.2) is 17.1 Å². The van der Waals surface area contributed by atoms with E-state index in [-0.39, 0.29) is 5.56 Å². The van der Waals surface area contributed by atoms with E-state index in [2.05, 4.69) is 9.97 Å². The Morgan fingerprint density at radius 2 is 1.81 bits per heavy atom. The van der Waals surface area contributed by atoms with Crippen molar-refractivity contribution in [3.8, 4) is 5.75 Å². The Morgan fingerprint density at radius 3 is 2.57 bits per heavy atom. The zero-order chi connectivity index (χ0) is 14.7. The molecule has 0 saturated heterocycles. The van der Waals surface area contributed by atoms with Gasteiger partial charge in [-0.25, -0.2) is 4.98 Å². The molecule has 0 saturated carbocycles. The molecule has 1 heterocycles. The number of benzene rings is 2. The molecule has 0 amide bonds. The van der Waals surface area contributed by atoms with Crippen LogP contribution in [0.1, 0.15) is 11.3 Å². The number of aromatic nitrogens is 2. The van der Waals surface area contributed by atoms with E-state index in [1.165, 1.54) is 0 Å². The van der Waals surface area contributed by atoms with Crippen LogP contribution in [0.5, 0.6) is 5.75 Å². The smallest absolute Gasteiger partial charge is 0.274 e. The maximum Gasteiger partial charge on any atom is 0.274 e. The van der Waals surface area contributed by atoms with Gasteiger partial charge in [-0.15, -0.1) is 0 Å². The van der Waals surface area contributed by atoms with Crippen LogP contribution < -0.4 is 10.3 Å². The van der Waals surface area contributed by atoms with Crippen molar-refractivity contribution in [2.75, 3.05) is 7.11 Å². The number of fused-ring (bicyclic) bond motifs is 1. The molecule has 21 heavy (non-hydrogen) atoms. The van der Waals surface area contributed by atoms with E-state index < -0.39 is 0 Å². The minimum absolute atomic E-state index is 0.196. The lowest BCUT2D eigenvalue weighted by Gasteiger charge is -2.00. The second-order valence-corrected chi connectivity index (χ2v) is 4.57. The summed E-state index contributed by atoms with van der Waals surface area (Å²) in [4.78, 5) is 19.2. The molecule has 4 heteroatoms. The summed E-state index contributed by atoms with van der Waals surface area (Å²) in [5.41, 5.74) is 2.68. The molecule has 0 spiro atoms. The van der Waals surface area contributed by atoms with Crippen molar-refractivity contribution in [1.29, 1.82) is 0 Å². The summed E-state index contributed by atoms with van der Waals surface area (Å²) in [6, 6.07) is 15.1. The number of rotatable bonds is 3. The minimum Gasteiger partial charge on any atom is -0.497 e. The zero-order valence-corrected chi connectivity index (χ0v) is 11.5. The molecule has 104 valence electrons. The largest absolute Gasteiger partial charge is 0.497 e. The molecular formula is C17H14N2O2. The van der Waals surface area contributed by atoms with E-state index in [1.807, 2.05) is 54.6 Å². The van der Waals surface area contributed by atoms with Gasteiger partial charge in [-0.3, -0.25) is 4.79 Å². The van der Waals surface area contributed by atoms with E-state index in [1.54, 1.807) is 13.2 Å². The maximum atomic E-state index is 12.0. The van der Waals surface area contributed by atoms with E-state index >= 15 is 0 Å². The number of nitrogens with one attached hydrogen (secondary N) is 1. The van der Waals surface area contributed by atoms with Crippen molar-refractivity contribution >= 4 is 23.2 Å². The molecule has 2 aromatic carbocycles. The monoisotopic (exact) mass is 278 g/mol. The predicted octanol–water partition coefficient (Wildman–Crippen LogP) is 3.10. The summed E-state index contributed by atoms with van der Waals surface area (Å²) < 4.78 is 5.11. The Labute approximate surface area is 121 Å². The highest BCUT2D eigenvalue weighted by atomic mass is 16.5. The first-order valence-electron chi connectivity index (χ1n) is 6.57. The van der Waals surface area contributed by atoms with Crippen LogP contribution in [0.25, 0.3) is 23.2 Å². The Bertz CT molecular complexity index is 849. The Morgan fingerprint density at radius 1 is 1.05 bits per heavy atom. The lowest BCUT2D eigenvalue weighted by atomic mass is 10.2. The number of ether oxygens (including phenoxy) is 1. The summed E-state index contributed by atoms with van der Waals surface area (Å²) in [5.74, 6) is 0.800. The highest BCUT2D eigenvalue weighted by Gasteiger charge is 2.00. The van der Waals surface area contributed by atoms with E-state index in [4.69, 9.17) is 4.74 Å². The number of H-pyrrole nitrogens is 1. The average Bonchev–Trinajstić information content (AvgIpc) is 2.53. The Balaban J connectivity index is 1.94. The normalized spacial score (nSPS) is 11.1. The molecule has 3 rings (SSSR count). The number of hydrogen-bond donors (Lipinski definition) is 1. The number of nitrogens with zero attached hydrogens (tertiary/aromatic N) is 1. The summed E-state index contributed by atoms with van der Waals surface area (Å²) in [5, 5.41) is 0. The molecule has 1 aromatic heterocycles. The highest BCUT2D eigenvalue weighted by molar-refractivity contribution is 5.76. The molecule has 0 bridgehead atoms. The van der Waals surface area contributed by atoms with Crippen molar-refractivity contribution in [1.82, 2.24) is 9.97 Å². The van der Waals surface area contributed by atoms with Gasteiger partial charge in [-0.1, -0.05) is 30.3 Å². The maximum absolute atomic E-state index is 12.0. The highest BCUT2D eigenvalue weighted by Crippen LogP contribution is 2.13. The molecule has 0 radical (unpaired) electrons. The van der Waals surface area contributed by atoms with Crippen LogP contribution in [0.15, 0.2) is 53.3 Å². The van der Waals surface area contributed by atoms with Crippen molar-refractivity contribution in [2.24, 2.45) is 0 Å². The van der Waals surface area contributed by atoms with E-state index in [0.29, 0.717) is 5.69 Å². The first-order valence-corrected chi connectivity index (χ1v) is 6.57. The molecule has 1 N–H and O–H groups in total. The summed E-state index contributed by atoms with van der Waals surface area (Å²) >= 11 is 0. The second kappa shape index (κ2) is 5.63. The first kappa shape index (κ1) is 13.1. The molecular weight excluding hydrogens is 264 g/mol. The summed E-state index contributed by atoms with van der Waals surface area (Å²) in [7, 11) is 1.63. The first-order chi connectivity index (χ1) is 10.3. The van der Waals surface area contributed by atoms with Gasteiger partial charge in [0.05, 0.1) is 18.1 Å². The second-order valence-electron chi connectivity index (χ2n) is 4.57. The number of aromatic amines is 1. The SMILES string of the molecule is COc1ccc(/C=C/c2nc3ccccc3[nH]c2=O)cc1. The van der Waals surface area contributed by atoms with Gasteiger partial charge in [0.25, 0.3) is 5.56 Å². The van der Waals surface area contributed by atoms with Crippen molar-refractivity contribution in [2.45, 2.75) is 0 Å². The molecule has 0 unspecified atom stereocenters. The van der Waals surface area contributed by atoms with Crippen LogP contribution in [0.3, 0.4) is 0 Å². The molecule has 0 fully saturated rings. The van der Waals surface area contributed by atoms with Crippen LogP contribution in [0.2, 0.25) is 0 Å². The quantitative estimate of drug-likeness (QED) is 0.801. The fourth-order valence-corrected chi connectivity index (χ4v) is 2.05. The molecule has 0 aliphatic rings. The molecule has 0 atom stereocenters. The third kappa shape index (κ3) is 2.84. The molecule has 3 aromatic rings. The average molecular weight is 278 g/mol. The van der Waals surface area contributed by atoms with Gasteiger partial charge in [0.15, 0.2) is 0 Å². The fraction of sp³-hybridized carbons (Fsp3) is 0.0588. The van der Waals surface area contributed by atoms with Crippen LogP contribution >= 0.6 is 0 Å². The topological polar surface area (TPSA) is 55.0 Å². The van der Waals surface area contributed by atoms with Gasteiger partial charge in [-0.05, 0) is 35.9 Å². The van der Waals surface area contributed by atoms with Crippen LogP contribution in [0.4, 0.5) is 0 Å². The molecule has 0 aliphatic heterocycles. The van der Waals surface area contributed by atoms with E-state index in [9.17, 15) is 4.79 Å². The standard InChI is InChI=1S/C17H14N2O2/c1-21-13-9-6-12(7-10-13)8-11-16-17(20)19-15-5-3-2-4-14(15)18-16/h2-11H,1H3,(H,19,20)/b11-8+. The van der Waals surface area contributed by atoms with Crippen molar-refractivity contribution < 1.29 is 4.74 Å². The Hall–Kier alpha value is -2.88. The molecule has 0 aliphatic carbocycles. The minimum atomic E-state index is -0.196. The van der Waals surface area contributed by atoms with Crippen molar-refractivity contribution in [3.05, 3.63) is 70.1 Å². The lowest BCUT2D eigenvalue weighted by molar-refractivity contribution is 0.415. The van der Waals surface area contributed by atoms with E-state index in [0.717, 1.165) is 22.3 Å². The van der Waals surface area contributed by atoms with Crippen molar-refractivity contribution in [3.63, 3.8) is 0 Å². The van der Waals surface area contributed by atoms with Gasteiger partial charge < -0.3 is 9.72 Å². The van der Waals surface area contributed by atoms with Gasteiger partial charge >= 0.3 is 0 Å². The Kier molecular flexibility index (Phi) is 3.51. The fourth-order valence-electron chi connectivity index (χ4n) is 2.05. The van der Waals surface area contributed by atoms with Crippen LogP contribution in [-0.2, 0) is 0 Å².